The van der Waals surface area contributed by atoms with Crippen LogP contribution in [0.15, 0.2) is 24.4 Å². The molecule has 3 aromatic heterocycles. The van der Waals surface area contributed by atoms with E-state index in [0.717, 1.165) is 28.7 Å². The smallest absolute Gasteiger partial charge is 0.453 e. The van der Waals surface area contributed by atoms with E-state index >= 15 is 0 Å². The number of fused-ring (bicyclic) bond motifs is 2. The van der Waals surface area contributed by atoms with Crippen LogP contribution in [0.4, 0.5) is 13.2 Å². The lowest BCUT2D eigenvalue weighted by Gasteiger charge is -2.25. The predicted molar refractivity (Wildman–Crippen MR) is 108 cm³/mol. The molecule has 0 bridgehead atoms. The summed E-state index contributed by atoms with van der Waals surface area (Å²) in [6.07, 6.45) is -0.899. The number of aliphatic carboxylic acids is 2. The Balaban J connectivity index is 0.000000350. The highest BCUT2D eigenvalue weighted by Gasteiger charge is 2.37. The average Bonchev–Trinajstić information content (AvgIpc) is 3.39. The van der Waals surface area contributed by atoms with E-state index in [-0.39, 0.29) is 11.7 Å². The summed E-state index contributed by atoms with van der Waals surface area (Å²) in [7, 11) is 0. The molecule has 0 aliphatic carbocycles. The first-order chi connectivity index (χ1) is 16.1. The number of ether oxygens (including phenoxy) is 1. The minimum atomic E-state index is -4.64. The monoisotopic (exact) mass is 483 g/mol. The van der Waals surface area contributed by atoms with Gasteiger partial charge in [0, 0.05) is 55.5 Å². The van der Waals surface area contributed by atoms with Crippen LogP contribution < -0.4 is 4.74 Å². The molecule has 1 aliphatic rings. The molecule has 15 heteroatoms. The molecule has 4 rings (SSSR count). The van der Waals surface area contributed by atoms with Crippen LogP contribution in [0.2, 0.25) is 0 Å². The van der Waals surface area contributed by atoms with Crippen molar-refractivity contribution in [2.45, 2.75) is 32.6 Å². The second-order valence-electron chi connectivity index (χ2n) is 7.01. The van der Waals surface area contributed by atoms with Crippen molar-refractivity contribution >= 4 is 17.7 Å². The fourth-order valence-corrected chi connectivity index (χ4v) is 3.13. The van der Waals surface area contributed by atoms with Crippen molar-refractivity contribution in [3.8, 4) is 5.88 Å². The van der Waals surface area contributed by atoms with Gasteiger partial charge in [0.25, 0.3) is 11.6 Å². The van der Waals surface area contributed by atoms with Crippen molar-refractivity contribution in [1.82, 2.24) is 34.7 Å². The molecule has 3 aromatic rings. The number of H-pyrrole nitrogens is 1. The Hall–Kier alpha value is -4.01. The molecule has 0 fully saturated rings. The van der Waals surface area contributed by atoms with E-state index in [9.17, 15) is 22.8 Å². The number of carbonyl (C=O) groups is 2. The number of aromatic amines is 1. The summed E-state index contributed by atoms with van der Waals surface area (Å²) in [5.74, 6) is -3.68. The van der Waals surface area contributed by atoms with Gasteiger partial charge in [0.05, 0.1) is 18.5 Å². The quantitative estimate of drug-likeness (QED) is 0.439. The second kappa shape index (κ2) is 10.3. The highest BCUT2D eigenvalue weighted by Crippen LogP contribution is 2.28. The van der Waals surface area contributed by atoms with Gasteiger partial charge in [0.15, 0.2) is 0 Å². The van der Waals surface area contributed by atoms with E-state index in [0.29, 0.717) is 37.5 Å². The third-order valence-electron chi connectivity index (χ3n) is 4.51. The Morgan fingerprint density at radius 3 is 2.56 bits per heavy atom. The van der Waals surface area contributed by atoms with Crippen molar-refractivity contribution < 1.29 is 37.7 Å². The van der Waals surface area contributed by atoms with Gasteiger partial charge >= 0.3 is 18.1 Å². The molecule has 0 amide bonds. The second-order valence-corrected chi connectivity index (χ2v) is 7.01. The fraction of sp³-hybridized carbons (Fsp3) is 0.368. The summed E-state index contributed by atoms with van der Waals surface area (Å²) >= 11 is 0. The van der Waals surface area contributed by atoms with Gasteiger partial charge in [-0.1, -0.05) is 0 Å². The lowest BCUT2D eigenvalue weighted by Crippen LogP contribution is -2.30. The summed E-state index contributed by atoms with van der Waals surface area (Å²) in [6.45, 7) is 4.01. The Labute approximate surface area is 189 Å². The van der Waals surface area contributed by atoms with Gasteiger partial charge in [-0.25, -0.2) is 14.6 Å². The number of aromatic nitrogens is 6. The summed E-state index contributed by atoms with van der Waals surface area (Å²) in [6, 6.07) is 1.61. The van der Waals surface area contributed by atoms with Crippen molar-refractivity contribution in [2.24, 2.45) is 0 Å². The number of halogens is 3. The molecule has 0 saturated carbocycles. The van der Waals surface area contributed by atoms with E-state index < -0.39 is 23.9 Å². The standard InChI is InChI=1S/C15H16F3N7O.C4H4O4/c1-2-26-12-5-10(8-24-4-3-11-9(7-24)6-19-22-11)20-14-21-13(15(16,17)18)23-25(12)14;5-3(6)1-2-4(7)8/h5-6H,2-4,7-8H2,1H3,(H,19,22);1-2H,(H,5,6)(H,7,8). The Bertz CT molecular complexity index is 1190. The van der Waals surface area contributed by atoms with Crippen molar-refractivity contribution in [2.75, 3.05) is 13.2 Å². The van der Waals surface area contributed by atoms with Crippen LogP contribution in [0.5, 0.6) is 5.88 Å². The van der Waals surface area contributed by atoms with E-state index in [2.05, 4.69) is 30.2 Å². The van der Waals surface area contributed by atoms with Gasteiger partial charge < -0.3 is 14.9 Å². The molecule has 12 nitrogen and oxygen atoms in total. The first-order valence-electron chi connectivity index (χ1n) is 9.91. The molecule has 4 heterocycles. The number of rotatable bonds is 6. The molecule has 182 valence electrons. The molecule has 0 saturated heterocycles. The van der Waals surface area contributed by atoms with Gasteiger partial charge in [-0.15, -0.1) is 5.10 Å². The van der Waals surface area contributed by atoms with Gasteiger partial charge in [-0.05, 0) is 6.92 Å². The molecule has 34 heavy (non-hydrogen) atoms. The average molecular weight is 483 g/mol. The van der Waals surface area contributed by atoms with Crippen molar-refractivity contribution in [3.63, 3.8) is 0 Å². The van der Waals surface area contributed by atoms with Crippen molar-refractivity contribution in [1.29, 1.82) is 0 Å². The third kappa shape index (κ3) is 6.28. The molecule has 3 N–H and O–H groups in total. The summed E-state index contributed by atoms with van der Waals surface area (Å²) in [5.41, 5.74) is 2.81. The first-order valence-corrected chi connectivity index (χ1v) is 9.91. The minimum Gasteiger partial charge on any atom is -0.478 e. The minimum absolute atomic E-state index is 0.126. The fourth-order valence-electron chi connectivity index (χ4n) is 3.13. The largest absolute Gasteiger partial charge is 0.478 e. The molecule has 0 spiro atoms. The number of alkyl halides is 3. The summed E-state index contributed by atoms with van der Waals surface area (Å²) in [5, 5.41) is 26.1. The molecule has 0 unspecified atom stereocenters. The maximum Gasteiger partial charge on any atom is 0.453 e. The summed E-state index contributed by atoms with van der Waals surface area (Å²) < 4.78 is 45.1. The molecule has 0 aromatic carbocycles. The summed E-state index contributed by atoms with van der Waals surface area (Å²) in [4.78, 5) is 29.0. The van der Waals surface area contributed by atoms with E-state index in [4.69, 9.17) is 14.9 Å². The Kier molecular flexibility index (Phi) is 7.45. The SMILES string of the molecule is CCOc1cc(CN2CCc3[nH]ncc3C2)nc2nc(C(F)(F)F)nn12.O=C(O)C=CC(=O)O. The zero-order valence-electron chi connectivity index (χ0n) is 17.8. The first kappa shape index (κ1) is 24.6. The van der Waals surface area contributed by atoms with Crippen LogP contribution in [0.25, 0.3) is 5.78 Å². The normalized spacial score (nSPS) is 14.0. The number of carboxylic acid groups (broad SMARTS) is 2. The highest BCUT2D eigenvalue weighted by atomic mass is 19.4. The van der Waals surface area contributed by atoms with Crippen LogP contribution in [0.1, 0.15) is 29.7 Å². The van der Waals surface area contributed by atoms with E-state index in [1.54, 1.807) is 19.2 Å². The zero-order valence-corrected chi connectivity index (χ0v) is 17.8. The Morgan fingerprint density at radius 1 is 1.24 bits per heavy atom. The van der Waals surface area contributed by atoms with E-state index in [1.807, 2.05) is 0 Å². The number of nitrogens with one attached hydrogen (secondary N) is 1. The number of hydrogen-bond donors (Lipinski definition) is 3. The molecule has 0 radical (unpaired) electrons. The van der Waals surface area contributed by atoms with Crippen LogP contribution in [-0.2, 0) is 35.3 Å². The number of hydrogen-bond acceptors (Lipinski definition) is 8. The lowest BCUT2D eigenvalue weighted by molar-refractivity contribution is -0.144. The van der Waals surface area contributed by atoms with Crippen LogP contribution >= 0.6 is 0 Å². The topological polar surface area (TPSA) is 159 Å². The number of nitrogens with zero attached hydrogens (tertiary/aromatic N) is 6. The highest BCUT2D eigenvalue weighted by molar-refractivity contribution is 5.89. The Morgan fingerprint density at radius 2 is 1.94 bits per heavy atom. The maximum absolute atomic E-state index is 12.9. The van der Waals surface area contributed by atoms with Crippen LogP contribution in [-0.4, -0.2) is 70.0 Å². The molecular weight excluding hydrogens is 463 g/mol. The van der Waals surface area contributed by atoms with Gasteiger partial charge in [-0.2, -0.15) is 27.8 Å². The predicted octanol–water partition coefficient (Wildman–Crippen LogP) is 1.54. The lowest BCUT2D eigenvalue weighted by atomic mass is 10.1. The number of carboxylic acids is 2. The van der Waals surface area contributed by atoms with Crippen LogP contribution in [0.3, 0.4) is 0 Å². The molecule has 1 aliphatic heterocycles. The van der Waals surface area contributed by atoms with E-state index in [1.165, 1.54) is 0 Å². The molecule has 0 atom stereocenters. The maximum atomic E-state index is 12.9. The van der Waals surface area contributed by atoms with Gasteiger partial charge in [0.1, 0.15) is 0 Å². The van der Waals surface area contributed by atoms with Gasteiger partial charge in [0.2, 0.25) is 5.88 Å². The zero-order chi connectivity index (χ0) is 24.9. The van der Waals surface area contributed by atoms with Crippen LogP contribution in [0, 0.1) is 0 Å². The molecular formula is C19H20F3N7O5. The van der Waals surface area contributed by atoms with Gasteiger partial charge in [-0.3, -0.25) is 10.00 Å². The third-order valence-corrected chi connectivity index (χ3v) is 4.51. The van der Waals surface area contributed by atoms with Crippen molar-refractivity contribution in [3.05, 3.63) is 47.2 Å².